The fraction of sp³-hybridized carbons (Fsp3) is 0.250. The van der Waals surface area contributed by atoms with Crippen LogP contribution >= 0.6 is 15.9 Å². The summed E-state index contributed by atoms with van der Waals surface area (Å²) in [5.41, 5.74) is 4.01. The highest BCUT2D eigenvalue weighted by Crippen LogP contribution is 2.16. The van der Waals surface area contributed by atoms with Gasteiger partial charge in [-0.2, -0.15) is 0 Å². The zero-order valence-electron chi connectivity index (χ0n) is 10.6. The smallest absolute Gasteiger partial charge is 0.0205 e. The van der Waals surface area contributed by atoms with E-state index in [0.717, 1.165) is 19.5 Å². The van der Waals surface area contributed by atoms with Crippen molar-refractivity contribution >= 4 is 15.9 Å². The summed E-state index contributed by atoms with van der Waals surface area (Å²) in [6, 6.07) is 17.1. The molecule has 0 saturated carbocycles. The molecule has 0 spiro atoms. The van der Waals surface area contributed by atoms with Gasteiger partial charge < -0.3 is 5.32 Å². The molecule has 2 aromatic rings. The first-order valence-electron chi connectivity index (χ1n) is 6.25. The molecule has 0 amide bonds. The molecule has 0 radical (unpaired) electrons. The van der Waals surface area contributed by atoms with Crippen LogP contribution in [0, 0.1) is 6.92 Å². The van der Waals surface area contributed by atoms with Crippen LogP contribution in [0.5, 0.6) is 0 Å². The quantitative estimate of drug-likeness (QED) is 0.820. The number of benzene rings is 2. The third-order valence-corrected chi connectivity index (χ3v) is 3.87. The molecule has 2 aromatic carbocycles. The van der Waals surface area contributed by atoms with Gasteiger partial charge in [-0.25, -0.2) is 0 Å². The van der Waals surface area contributed by atoms with Crippen molar-refractivity contribution in [3.8, 4) is 0 Å². The van der Waals surface area contributed by atoms with Crippen molar-refractivity contribution in [3.05, 3.63) is 69.7 Å². The van der Waals surface area contributed by atoms with E-state index in [2.05, 4.69) is 76.7 Å². The molecule has 0 atom stereocenters. The van der Waals surface area contributed by atoms with Crippen molar-refractivity contribution in [2.45, 2.75) is 19.9 Å². The molecule has 2 heteroatoms. The Morgan fingerprint density at radius 3 is 2.50 bits per heavy atom. The second kappa shape index (κ2) is 6.72. The number of halogens is 1. The van der Waals surface area contributed by atoms with Crippen molar-refractivity contribution in [3.63, 3.8) is 0 Å². The van der Waals surface area contributed by atoms with Crippen molar-refractivity contribution in [1.82, 2.24) is 5.32 Å². The minimum atomic E-state index is 0.932. The highest BCUT2D eigenvalue weighted by Gasteiger charge is 1.97. The maximum Gasteiger partial charge on any atom is 0.0205 e. The Bertz CT molecular complexity index is 494. The van der Waals surface area contributed by atoms with Crippen LogP contribution in [0.15, 0.2) is 53.0 Å². The zero-order chi connectivity index (χ0) is 12.8. The molecular weight excluding hydrogens is 286 g/mol. The summed E-state index contributed by atoms with van der Waals surface area (Å²) in [6.07, 6.45) is 1.08. The lowest BCUT2D eigenvalue weighted by Crippen LogP contribution is -2.16. The summed E-state index contributed by atoms with van der Waals surface area (Å²) < 4.78 is 1.18. The summed E-state index contributed by atoms with van der Waals surface area (Å²) in [4.78, 5) is 0. The van der Waals surface area contributed by atoms with Gasteiger partial charge in [-0.1, -0.05) is 58.4 Å². The van der Waals surface area contributed by atoms with Crippen molar-refractivity contribution in [1.29, 1.82) is 0 Å². The Morgan fingerprint density at radius 1 is 1.00 bits per heavy atom. The molecule has 1 N–H and O–H groups in total. The lowest BCUT2D eigenvalue weighted by molar-refractivity contribution is 0.686. The molecule has 0 saturated heterocycles. The normalized spacial score (nSPS) is 10.6. The Kier molecular flexibility index (Phi) is 4.97. The van der Waals surface area contributed by atoms with Crippen LogP contribution in [0.1, 0.15) is 16.7 Å². The molecule has 0 aliphatic heterocycles. The minimum absolute atomic E-state index is 0.932. The second-order valence-corrected chi connectivity index (χ2v) is 5.35. The van der Waals surface area contributed by atoms with Crippen molar-refractivity contribution in [2.75, 3.05) is 6.54 Å². The predicted octanol–water partition coefficient (Wildman–Crippen LogP) is 4.09. The van der Waals surface area contributed by atoms with Crippen LogP contribution in [0.25, 0.3) is 0 Å². The van der Waals surface area contributed by atoms with E-state index >= 15 is 0 Å². The molecular formula is C16H18BrN. The third kappa shape index (κ3) is 3.97. The maximum atomic E-state index is 3.52. The Labute approximate surface area is 117 Å². The van der Waals surface area contributed by atoms with Gasteiger partial charge in [0.15, 0.2) is 0 Å². The van der Waals surface area contributed by atoms with E-state index in [4.69, 9.17) is 0 Å². The first-order chi connectivity index (χ1) is 8.75. The van der Waals surface area contributed by atoms with Crippen molar-refractivity contribution in [2.24, 2.45) is 0 Å². The molecule has 0 heterocycles. The van der Waals surface area contributed by atoms with E-state index in [-0.39, 0.29) is 0 Å². The molecule has 0 aliphatic carbocycles. The monoisotopic (exact) mass is 303 g/mol. The Hall–Kier alpha value is -1.12. The predicted molar refractivity (Wildman–Crippen MR) is 80.7 cm³/mol. The van der Waals surface area contributed by atoms with E-state index in [1.165, 1.54) is 21.2 Å². The van der Waals surface area contributed by atoms with Crippen LogP contribution < -0.4 is 5.32 Å². The van der Waals surface area contributed by atoms with Gasteiger partial charge in [0.05, 0.1) is 0 Å². The van der Waals surface area contributed by atoms with Crippen LogP contribution in [0.3, 0.4) is 0 Å². The summed E-state index contributed by atoms with van der Waals surface area (Å²) in [5.74, 6) is 0. The zero-order valence-corrected chi connectivity index (χ0v) is 12.2. The summed E-state index contributed by atoms with van der Waals surface area (Å²) in [5, 5.41) is 3.48. The highest BCUT2D eigenvalue weighted by molar-refractivity contribution is 9.10. The largest absolute Gasteiger partial charge is 0.312 e. The van der Waals surface area contributed by atoms with Crippen LogP contribution in [0.2, 0.25) is 0 Å². The number of hydrogen-bond donors (Lipinski definition) is 1. The van der Waals surface area contributed by atoms with Gasteiger partial charge in [-0.3, -0.25) is 0 Å². The van der Waals surface area contributed by atoms with Gasteiger partial charge in [0.2, 0.25) is 0 Å². The first kappa shape index (κ1) is 13.3. The SMILES string of the molecule is Cc1cc(CNCCc2ccccc2)ccc1Br. The van der Waals surface area contributed by atoms with Gasteiger partial charge in [-0.05, 0) is 42.6 Å². The number of nitrogens with one attached hydrogen (secondary N) is 1. The fourth-order valence-electron chi connectivity index (χ4n) is 1.93. The van der Waals surface area contributed by atoms with E-state index in [0.29, 0.717) is 0 Å². The standard InChI is InChI=1S/C16H18BrN/c1-13-11-15(7-8-16(13)17)12-18-10-9-14-5-3-2-4-6-14/h2-8,11,18H,9-10,12H2,1H3. The molecule has 0 fully saturated rings. The van der Waals surface area contributed by atoms with Gasteiger partial charge >= 0.3 is 0 Å². The van der Waals surface area contributed by atoms with E-state index in [1.807, 2.05) is 0 Å². The molecule has 0 bridgehead atoms. The summed E-state index contributed by atoms with van der Waals surface area (Å²) in [7, 11) is 0. The summed E-state index contributed by atoms with van der Waals surface area (Å²) >= 11 is 3.52. The van der Waals surface area contributed by atoms with E-state index in [9.17, 15) is 0 Å². The minimum Gasteiger partial charge on any atom is -0.312 e. The Balaban J connectivity index is 1.77. The number of hydrogen-bond acceptors (Lipinski definition) is 1. The summed E-state index contributed by atoms with van der Waals surface area (Å²) in [6.45, 7) is 4.07. The van der Waals surface area contributed by atoms with Gasteiger partial charge in [0.25, 0.3) is 0 Å². The van der Waals surface area contributed by atoms with Gasteiger partial charge in [0.1, 0.15) is 0 Å². The van der Waals surface area contributed by atoms with Crippen LogP contribution in [0.4, 0.5) is 0 Å². The molecule has 0 unspecified atom stereocenters. The van der Waals surface area contributed by atoms with Crippen molar-refractivity contribution < 1.29 is 0 Å². The van der Waals surface area contributed by atoms with E-state index in [1.54, 1.807) is 0 Å². The fourth-order valence-corrected chi connectivity index (χ4v) is 2.17. The average Bonchev–Trinajstić information content (AvgIpc) is 2.40. The molecule has 2 rings (SSSR count). The molecule has 1 nitrogen and oxygen atoms in total. The highest BCUT2D eigenvalue weighted by atomic mass is 79.9. The molecule has 0 aliphatic rings. The topological polar surface area (TPSA) is 12.0 Å². The molecule has 0 aromatic heterocycles. The third-order valence-electron chi connectivity index (χ3n) is 2.98. The molecule has 94 valence electrons. The lowest BCUT2D eigenvalue weighted by Gasteiger charge is -2.07. The van der Waals surface area contributed by atoms with Gasteiger partial charge in [-0.15, -0.1) is 0 Å². The first-order valence-corrected chi connectivity index (χ1v) is 7.04. The average molecular weight is 304 g/mol. The molecule has 18 heavy (non-hydrogen) atoms. The van der Waals surface area contributed by atoms with Gasteiger partial charge in [0, 0.05) is 11.0 Å². The lowest BCUT2D eigenvalue weighted by atomic mass is 10.1. The number of rotatable bonds is 5. The number of aryl methyl sites for hydroxylation is 1. The van der Waals surface area contributed by atoms with Crippen LogP contribution in [-0.2, 0) is 13.0 Å². The maximum absolute atomic E-state index is 3.52. The Morgan fingerprint density at radius 2 is 1.78 bits per heavy atom. The second-order valence-electron chi connectivity index (χ2n) is 4.50. The van der Waals surface area contributed by atoms with E-state index < -0.39 is 0 Å². The van der Waals surface area contributed by atoms with Crippen LogP contribution in [-0.4, -0.2) is 6.54 Å².